The summed E-state index contributed by atoms with van der Waals surface area (Å²) < 4.78 is 11.0. The Kier molecular flexibility index (Phi) is 7.09. The zero-order chi connectivity index (χ0) is 20.6. The number of nitrogens with zero attached hydrogens (tertiary/aromatic N) is 3. The zero-order valence-electron chi connectivity index (χ0n) is 17.0. The normalized spacial score (nSPS) is 15.8. The number of hydrogen-bond donors (Lipinski definition) is 0. The molecular weight excluding hydrogens is 366 g/mol. The number of nitriles is 1. The van der Waals surface area contributed by atoms with Gasteiger partial charge in [-0.1, -0.05) is 12.1 Å². The number of amides is 1. The van der Waals surface area contributed by atoms with Gasteiger partial charge in [0.1, 0.15) is 11.5 Å². The number of hydrogen-bond acceptors (Lipinski definition) is 5. The van der Waals surface area contributed by atoms with E-state index in [1.165, 1.54) is 5.56 Å². The Morgan fingerprint density at radius 3 is 2.38 bits per heavy atom. The highest BCUT2D eigenvalue weighted by Crippen LogP contribution is 2.19. The predicted octanol–water partition coefficient (Wildman–Crippen LogP) is 3.07. The predicted molar refractivity (Wildman–Crippen MR) is 111 cm³/mol. The largest absolute Gasteiger partial charge is 0.497 e. The quantitative estimate of drug-likeness (QED) is 0.755. The van der Waals surface area contributed by atoms with Crippen molar-refractivity contribution in [3.05, 3.63) is 59.7 Å². The summed E-state index contributed by atoms with van der Waals surface area (Å²) in [5.74, 6) is 1.43. The summed E-state index contributed by atoms with van der Waals surface area (Å²) in [5.41, 5.74) is 1.85. The molecule has 2 aromatic rings. The van der Waals surface area contributed by atoms with E-state index in [1.54, 1.807) is 14.0 Å². The Bertz CT molecular complexity index is 843. The van der Waals surface area contributed by atoms with E-state index < -0.39 is 6.10 Å². The van der Waals surface area contributed by atoms with Crippen molar-refractivity contribution in [2.24, 2.45) is 0 Å². The lowest BCUT2D eigenvalue weighted by Gasteiger charge is -2.25. The summed E-state index contributed by atoms with van der Waals surface area (Å²) in [6, 6.07) is 17.1. The van der Waals surface area contributed by atoms with Crippen LogP contribution in [0.4, 0.5) is 0 Å². The first-order valence-corrected chi connectivity index (χ1v) is 9.90. The topological polar surface area (TPSA) is 65.8 Å². The van der Waals surface area contributed by atoms with Gasteiger partial charge in [0, 0.05) is 32.7 Å². The maximum absolute atomic E-state index is 12.8. The van der Waals surface area contributed by atoms with E-state index in [4.69, 9.17) is 14.7 Å². The van der Waals surface area contributed by atoms with Crippen molar-refractivity contribution in [2.75, 3.05) is 33.3 Å². The van der Waals surface area contributed by atoms with Crippen molar-refractivity contribution in [2.45, 2.75) is 26.0 Å². The van der Waals surface area contributed by atoms with Crippen LogP contribution >= 0.6 is 0 Å². The maximum Gasteiger partial charge on any atom is 0.263 e. The van der Waals surface area contributed by atoms with Crippen LogP contribution < -0.4 is 9.47 Å². The Hall–Kier alpha value is -3.04. The third kappa shape index (κ3) is 5.72. The number of carbonyl (C=O) groups is 1. The fourth-order valence-corrected chi connectivity index (χ4v) is 3.46. The lowest BCUT2D eigenvalue weighted by atomic mass is 10.1. The van der Waals surface area contributed by atoms with Gasteiger partial charge in [-0.15, -0.1) is 0 Å². The van der Waals surface area contributed by atoms with E-state index in [2.05, 4.69) is 11.0 Å². The van der Waals surface area contributed by atoms with Gasteiger partial charge < -0.3 is 14.4 Å². The molecule has 1 atom stereocenters. The fraction of sp³-hybridized carbons (Fsp3) is 0.391. The molecule has 1 aliphatic rings. The van der Waals surface area contributed by atoms with E-state index in [-0.39, 0.29) is 5.91 Å². The lowest BCUT2D eigenvalue weighted by Crippen LogP contribution is -2.42. The molecule has 0 spiro atoms. The van der Waals surface area contributed by atoms with Gasteiger partial charge in [-0.2, -0.15) is 5.26 Å². The van der Waals surface area contributed by atoms with Crippen LogP contribution in [0.5, 0.6) is 11.5 Å². The van der Waals surface area contributed by atoms with Crippen molar-refractivity contribution >= 4 is 5.91 Å². The molecule has 3 rings (SSSR count). The van der Waals surface area contributed by atoms with Crippen LogP contribution in [0.1, 0.15) is 24.5 Å². The minimum Gasteiger partial charge on any atom is -0.497 e. The molecule has 2 aromatic carbocycles. The van der Waals surface area contributed by atoms with Crippen LogP contribution in [0.2, 0.25) is 0 Å². The van der Waals surface area contributed by atoms with Gasteiger partial charge in [0.2, 0.25) is 0 Å². The van der Waals surface area contributed by atoms with Gasteiger partial charge in [0.25, 0.3) is 5.91 Å². The summed E-state index contributed by atoms with van der Waals surface area (Å²) in [7, 11) is 1.62. The van der Waals surface area contributed by atoms with Gasteiger partial charge in [-0.3, -0.25) is 9.69 Å². The van der Waals surface area contributed by atoms with Gasteiger partial charge in [0.15, 0.2) is 6.10 Å². The smallest absolute Gasteiger partial charge is 0.263 e. The third-order valence-corrected chi connectivity index (χ3v) is 5.11. The molecule has 0 unspecified atom stereocenters. The minimum atomic E-state index is -0.534. The average Bonchev–Trinajstić information content (AvgIpc) is 3.00. The lowest BCUT2D eigenvalue weighted by molar-refractivity contribution is -0.137. The molecule has 0 aromatic heterocycles. The third-order valence-electron chi connectivity index (χ3n) is 5.11. The van der Waals surface area contributed by atoms with Crippen molar-refractivity contribution in [1.82, 2.24) is 9.80 Å². The molecule has 6 heteroatoms. The highest BCUT2D eigenvalue weighted by Gasteiger charge is 2.24. The van der Waals surface area contributed by atoms with E-state index in [1.807, 2.05) is 53.4 Å². The SMILES string of the molecule is COc1ccc(O[C@H](C)C(=O)N2CCCN(Cc3ccc(C#N)cc3)CC2)cc1. The minimum absolute atomic E-state index is 0.0149. The van der Waals surface area contributed by atoms with Gasteiger partial charge in [-0.05, 0) is 55.3 Å². The second-order valence-corrected chi connectivity index (χ2v) is 7.20. The molecule has 152 valence electrons. The van der Waals surface area contributed by atoms with Crippen LogP contribution in [0, 0.1) is 11.3 Å². The first kappa shape index (κ1) is 20.7. The van der Waals surface area contributed by atoms with Gasteiger partial charge >= 0.3 is 0 Å². The first-order chi connectivity index (χ1) is 14.1. The van der Waals surface area contributed by atoms with Crippen molar-refractivity contribution in [3.63, 3.8) is 0 Å². The molecule has 0 aliphatic carbocycles. The molecule has 0 bridgehead atoms. The molecule has 0 N–H and O–H groups in total. The standard InChI is InChI=1S/C23H27N3O3/c1-18(29-22-10-8-21(28-2)9-11-22)23(27)26-13-3-12-25(14-15-26)17-20-6-4-19(16-24)5-7-20/h4-11,18H,3,12-15,17H2,1-2H3/t18-/m1/s1. The number of ether oxygens (including phenoxy) is 2. The number of methoxy groups -OCH3 is 1. The molecule has 1 aliphatic heterocycles. The molecule has 0 radical (unpaired) electrons. The van der Waals surface area contributed by atoms with Crippen LogP contribution in [0.25, 0.3) is 0 Å². The maximum atomic E-state index is 12.8. The van der Waals surface area contributed by atoms with E-state index in [9.17, 15) is 4.79 Å². The van der Waals surface area contributed by atoms with E-state index in [0.29, 0.717) is 17.9 Å². The second-order valence-electron chi connectivity index (χ2n) is 7.20. The molecule has 1 heterocycles. The first-order valence-electron chi connectivity index (χ1n) is 9.90. The molecular formula is C23H27N3O3. The molecule has 1 amide bonds. The van der Waals surface area contributed by atoms with Crippen LogP contribution in [0.3, 0.4) is 0 Å². The summed E-state index contributed by atoms with van der Waals surface area (Å²) in [5, 5.41) is 8.92. The van der Waals surface area contributed by atoms with Gasteiger partial charge in [-0.25, -0.2) is 0 Å². The highest BCUT2D eigenvalue weighted by atomic mass is 16.5. The zero-order valence-corrected chi connectivity index (χ0v) is 17.0. The number of benzene rings is 2. The van der Waals surface area contributed by atoms with E-state index >= 15 is 0 Å². The molecule has 29 heavy (non-hydrogen) atoms. The fourth-order valence-electron chi connectivity index (χ4n) is 3.46. The average molecular weight is 393 g/mol. The Balaban J connectivity index is 1.52. The number of carbonyl (C=O) groups excluding carboxylic acids is 1. The molecule has 6 nitrogen and oxygen atoms in total. The monoisotopic (exact) mass is 393 g/mol. The second kappa shape index (κ2) is 9.94. The van der Waals surface area contributed by atoms with Crippen molar-refractivity contribution < 1.29 is 14.3 Å². The molecule has 1 saturated heterocycles. The van der Waals surface area contributed by atoms with Crippen LogP contribution in [-0.2, 0) is 11.3 Å². The number of rotatable bonds is 6. The Morgan fingerprint density at radius 2 is 1.72 bits per heavy atom. The molecule has 1 fully saturated rings. The summed E-state index contributed by atoms with van der Waals surface area (Å²) in [6.45, 7) is 5.81. The Labute approximate surface area is 172 Å². The summed E-state index contributed by atoms with van der Waals surface area (Å²) >= 11 is 0. The molecule has 0 saturated carbocycles. The highest BCUT2D eigenvalue weighted by molar-refractivity contribution is 5.81. The summed E-state index contributed by atoms with van der Waals surface area (Å²) in [4.78, 5) is 17.1. The van der Waals surface area contributed by atoms with Crippen LogP contribution in [0.15, 0.2) is 48.5 Å². The van der Waals surface area contributed by atoms with Crippen molar-refractivity contribution in [3.8, 4) is 17.6 Å². The Morgan fingerprint density at radius 1 is 1.03 bits per heavy atom. The van der Waals surface area contributed by atoms with Crippen molar-refractivity contribution in [1.29, 1.82) is 5.26 Å². The summed E-state index contributed by atoms with van der Waals surface area (Å²) in [6.07, 6.45) is 0.394. The van der Waals surface area contributed by atoms with E-state index in [0.717, 1.165) is 38.3 Å². The van der Waals surface area contributed by atoms with Crippen LogP contribution in [-0.4, -0.2) is 55.1 Å². The van der Waals surface area contributed by atoms with Gasteiger partial charge in [0.05, 0.1) is 18.7 Å².